The summed E-state index contributed by atoms with van der Waals surface area (Å²) in [7, 11) is -3.79. The van der Waals surface area contributed by atoms with Crippen LogP contribution in [-0.2, 0) is 14.6 Å². The maximum Gasteiger partial charge on any atom is 0.304 e. The van der Waals surface area contributed by atoms with Gasteiger partial charge in [0.25, 0.3) is 0 Å². The molecule has 0 spiro atoms. The second kappa shape index (κ2) is 7.72. The lowest BCUT2D eigenvalue weighted by Gasteiger charge is -2.17. The number of rotatable bonds is 5. The number of hydrogen-bond donors (Lipinski definition) is 1. The number of alkyl halides is 2. The Hall–Kier alpha value is -2.51. The first-order valence-corrected chi connectivity index (χ1v) is 11.1. The fourth-order valence-corrected chi connectivity index (χ4v) is 5.23. The number of ether oxygens (including phenoxy) is 1. The zero-order valence-corrected chi connectivity index (χ0v) is 17.3. The summed E-state index contributed by atoms with van der Waals surface area (Å²) in [6.07, 6.45) is -1.38. The van der Waals surface area contributed by atoms with Crippen molar-refractivity contribution < 1.29 is 31.8 Å². The van der Waals surface area contributed by atoms with E-state index in [-0.39, 0.29) is 33.1 Å². The molecule has 6 nitrogen and oxygen atoms in total. The molecule has 0 heterocycles. The zero-order chi connectivity index (χ0) is 21.5. The van der Waals surface area contributed by atoms with Gasteiger partial charge in [-0.25, -0.2) is 17.2 Å². The number of carboxylic acid groups (broad SMARTS) is 1. The van der Waals surface area contributed by atoms with Crippen LogP contribution in [0.25, 0.3) is 0 Å². The van der Waals surface area contributed by atoms with Gasteiger partial charge in [0.2, 0.25) is 0 Å². The van der Waals surface area contributed by atoms with Crippen molar-refractivity contribution in [2.75, 3.05) is 6.26 Å². The highest BCUT2D eigenvalue weighted by Crippen LogP contribution is 2.54. The zero-order valence-electron chi connectivity index (χ0n) is 14.9. The minimum absolute atomic E-state index is 0.00640. The topological polar surface area (TPSA) is 104 Å². The molecule has 152 valence electrons. The van der Waals surface area contributed by atoms with Gasteiger partial charge < -0.3 is 9.84 Å². The van der Waals surface area contributed by atoms with Crippen LogP contribution in [0.1, 0.15) is 33.9 Å². The van der Waals surface area contributed by atoms with Gasteiger partial charge in [0, 0.05) is 23.8 Å². The summed E-state index contributed by atoms with van der Waals surface area (Å²) < 4.78 is 58.8. The van der Waals surface area contributed by atoms with Crippen LogP contribution in [-0.4, -0.2) is 31.9 Å². The van der Waals surface area contributed by atoms with E-state index in [9.17, 15) is 22.0 Å². The van der Waals surface area contributed by atoms with Gasteiger partial charge in [0.1, 0.15) is 23.5 Å². The molecule has 0 aromatic heterocycles. The molecule has 0 amide bonds. The number of sulfone groups is 1. The fourth-order valence-electron chi connectivity index (χ4n) is 3.41. The first-order chi connectivity index (χ1) is 13.5. The van der Waals surface area contributed by atoms with Gasteiger partial charge in [-0.05, 0) is 29.8 Å². The van der Waals surface area contributed by atoms with E-state index >= 15 is 0 Å². The Morgan fingerprint density at radius 3 is 2.59 bits per heavy atom. The molecule has 0 saturated carbocycles. The Morgan fingerprint density at radius 2 is 2.00 bits per heavy atom. The molecule has 29 heavy (non-hydrogen) atoms. The molecule has 0 aliphatic heterocycles. The number of aliphatic carboxylic acids is 1. The molecule has 1 aliphatic carbocycles. The number of carbonyl (C=O) groups is 1. The Labute approximate surface area is 173 Å². The normalized spacial score (nSPS) is 20.7. The van der Waals surface area contributed by atoms with Crippen molar-refractivity contribution in [1.82, 2.24) is 0 Å². The third kappa shape index (κ3) is 4.11. The van der Waals surface area contributed by atoms with E-state index in [1.54, 1.807) is 6.07 Å². The lowest BCUT2D eigenvalue weighted by atomic mass is 9.96. The van der Waals surface area contributed by atoms with Gasteiger partial charge >= 0.3 is 5.97 Å². The average molecular weight is 486 g/mol. The van der Waals surface area contributed by atoms with E-state index in [2.05, 4.69) is 15.9 Å². The number of halogens is 3. The van der Waals surface area contributed by atoms with Crippen molar-refractivity contribution in [3.8, 4) is 17.6 Å². The SMILES string of the molecule is CS(=O)(=O)c1ccc(Oc2cc(F)cc(C#N)c2)c2c1[C@H](CC(=O)O)[C@H](F)[C@@H]2Br. The molecule has 1 N–H and O–H groups in total. The highest BCUT2D eigenvalue weighted by Gasteiger charge is 2.45. The Morgan fingerprint density at radius 1 is 1.31 bits per heavy atom. The summed E-state index contributed by atoms with van der Waals surface area (Å²) in [5, 5.41) is 18.1. The summed E-state index contributed by atoms with van der Waals surface area (Å²) in [6, 6.07) is 7.61. The van der Waals surface area contributed by atoms with Gasteiger partial charge in [-0.3, -0.25) is 4.79 Å². The highest BCUT2D eigenvalue weighted by atomic mass is 79.9. The standard InChI is InChI=1S/C19H14BrF2NO5S/c1-29(26,27)14-3-2-13(28-11-5-9(8-23)4-10(21)6-11)17-16(14)12(7-15(24)25)19(22)18(17)20/h2-6,12,18-19H,7H2,1H3,(H,24,25)/t12-,18+,19-/m0/s1. The van der Waals surface area contributed by atoms with E-state index in [0.29, 0.717) is 0 Å². The van der Waals surface area contributed by atoms with Gasteiger partial charge in [-0.15, -0.1) is 0 Å². The van der Waals surface area contributed by atoms with Gasteiger partial charge in [0.15, 0.2) is 9.84 Å². The second-order valence-corrected chi connectivity index (χ2v) is 9.57. The smallest absolute Gasteiger partial charge is 0.304 e. The number of nitriles is 1. The maximum atomic E-state index is 14.9. The third-order valence-electron chi connectivity index (χ3n) is 4.54. The van der Waals surface area contributed by atoms with E-state index in [4.69, 9.17) is 15.1 Å². The molecule has 0 saturated heterocycles. The molecule has 2 aromatic carbocycles. The maximum absolute atomic E-state index is 14.9. The molecule has 3 rings (SSSR count). The quantitative estimate of drug-likeness (QED) is 0.635. The van der Waals surface area contributed by atoms with Gasteiger partial charge in [-0.2, -0.15) is 5.26 Å². The van der Waals surface area contributed by atoms with Crippen LogP contribution in [0.15, 0.2) is 35.2 Å². The van der Waals surface area contributed by atoms with Crippen LogP contribution in [0.3, 0.4) is 0 Å². The average Bonchev–Trinajstić information content (AvgIpc) is 2.85. The number of carboxylic acids is 1. The summed E-state index contributed by atoms with van der Waals surface area (Å²) in [4.78, 5) is 10.0. The first kappa shape index (κ1) is 21.2. The Kier molecular flexibility index (Phi) is 5.65. The lowest BCUT2D eigenvalue weighted by Crippen LogP contribution is -2.15. The summed E-state index contributed by atoms with van der Waals surface area (Å²) >= 11 is 3.17. The Balaban J connectivity index is 2.20. The van der Waals surface area contributed by atoms with Crippen LogP contribution < -0.4 is 4.74 Å². The van der Waals surface area contributed by atoms with Crippen LogP contribution in [0.5, 0.6) is 11.5 Å². The van der Waals surface area contributed by atoms with Crippen LogP contribution in [0.4, 0.5) is 8.78 Å². The molecule has 3 atom stereocenters. The summed E-state index contributed by atoms with van der Waals surface area (Å²) in [5.41, 5.74) is 0.181. The largest absolute Gasteiger partial charge is 0.481 e. The lowest BCUT2D eigenvalue weighted by molar-refractivity contribution is -0.137. The summed E-state index contributed by atoms with van der Waals surface area (Å²) in [6.45, 7) is 0. The fraction of sp³-hybridized carbons (Fsp3) is 0.263. The van der Waals surface area contributed by atoms with E-state index < -0.39 is 45.0 Å². The molecule has 2 aromatic rings. The molecule has 0 radical (unpaired) electrons. The van der Waals surface area contributed by atoms with Crippen molar-refractivity contribution in [1.29, 1.82) is 5.26 Å². The van der Waals surface area contributed by atoms with E-state index in [0.717, 1.165) is 18.4 Å². The molecule has 0 bridgehead atoms. The van der Waals surface area contributed by atoms with Crippen LogP contribution >= 0.6 is 15.9 Å². The summed E-state index contributed by atoms with van der Waals surface area (Å²) in [5.74, 6) is -3.19. The number of fused-ring (bicyclic) bond motifs is 1. The number of benzene rings is 2. The number of hydrogen-bond acceptors (Lipinski definition) is 5. The van der Waals surface area contributed by atoms with Crippen molar-refractivity contribution in [3.05, 3.63) is 52.8 Å². The van der Waals surface area contributed by atoms with E-state index in [1.807, 2.05) is 0 Å². The molecule has 10 heteroatoms. The van der Waals surface area contributed by atoms with Crippen molar-refractivity contribution in [2.24, 2.45) is 0 Å². The number of nitrogens with zero attached hydrogens (tertiary/aromatic N) is 1. The molecule has 1 aliphatic rings. The third-order valence-corrected chi connectivity index (χ3v) is 6.66. The monoisotopic (exact) mass is 485 g/mol. The first-order valence-electron chi connectivity index (χ1n) is 8.28. The molecular weight excluding hydrogens is 472 g/mol. The molecule has 0 unspecified atom stereocenters. The van der Waals surface area contributed by atoms with Crippen molar-refractivity contribution in [2.45, 2.75) is 28.2 Å². The van der Waals surface area contributed by atoms with Crippen LogP contribution in [0, 0.1) is 17.1 Å². The Bertz CT molecular complexity index is 1150. The van der Waals surface area contributed by atoms with Gasteiger partial charge in [-0.1, -0.05) is 15.9 Å². The minimum Gasteiger partial charge on any atom is -0.481 e. The minimum atomic E-state index is -3.79. The predicted molar refractivity (Wildman–Crippen MR) is 102 cm³/mol. The van der Waals surface area contributed by atoms with E-state index in [1.165, 1.54) is 18.2 Å². The van der Waals surface area contributed by atoms with Crippen molar-refractivity contribution >= 4 is 31.7 Å². The van der Waals surface area contributed by atoms with Crippen molar-refractivity contribution in [3.63, 3.8) is 0 Å². The highest BCUT2D eigenvalue weighted by molar-refractivity contribution is 9.09. The van der Waals surface area contributed by atoms with Crippen LogP contribution in [0.2, 0.25) is 0 Å². The molecule has 0 fully saturated rings. The van der Waals surface area contributed by atoms with Gasteiger partial charge in [0.05, 0.1) is 27.8 Å². The molecular formula is C19H14BrF2NO5S. The predicted octanol–water partition coefficient (Wildman–Crippen LogP) is 4.24. The second-order valence-electron chi connectivity index (χ2n) is 6.60.